The Kier molecular flexibility index (Phi) is 20.8. The van der Waals surface area contributed by atoms with Crippen LogP contribution in [-0.2, 0) is 48.1 Å². The second kappa shape index (κ2) is 26.6. The lowest BCUT2D eigenvalue weighted by molar-refractivity contribution is -0.310. The summed E-state index contributed by atoms with van der Waals surface area (Å²) >= 11 is 0. The van der Waals surface area contributed by atoms with Crippen molar-refractivity contribution in [1.82, 2.24) is 10.8 Å². The molecule has 0 heterocycles. The van der Waals surface area contributed by atoms with Crippen LogP contribution in [0, 0.1) is 47.3 Å². The number of rotatable bonds is 21. The molecule has 0 aromatic heterocycles. The van der Waals surface area contributed by atoms with E-state index < -0.39 is 17.8 Å². The van der Waals surface area contributed by atoms with Crippen molar-refractivity contribution < 1.29 is 58.5 Å². The lowest BCUT2D eigenvalue weighted by atomic mass is 9.73. The number of carbonyl (C=O) groups excluding carboxylic acids is 2. The summed E-state index contributed by atoms with van der Waals surface area (Å²) in [6.07, 6.45) is 28.8. The van der Waals surface area contributed by atoms with Gasteiger partial charge in [0.05, 0.1) is 75.2 Å². The number of carboxylic acids is 1. The molecule has 7 aliphatic carbocycles. The van der Waals surface area contributed by atoms with Crippen molar-refractivity contribution in [2.24, 2.45) is 47.3 Å². The van der Waals surface area contributed by atoms with Gasteiger partial charge in [-0.15, -0.1) is 0 Å². The molecule has 0 spiro atoms. The van der Waals surface area contributed by atoms with Crippen LogP contribution in [0.2, 0.25) is 0 Å². The van der Waals surface area contributed by atoms with Crippen LogP contribution in [0.5, 0.6) is 0 Å². The zero-order chi connectivity index (χ0) is 44.5. The van der Waals surface area contributed by atoms with Gasteiger partial charge in [0.1, 0.15) is 0 Å². The fraction of sp³-hybridized carbons (Fsp3) is 0.940. The Morgan fingerprint density at radius 2 is 1.03 bits per heavy atom. The monoisotopic (exact) mass is 905 g/mol. The summed E-state index contributed by atoms with van der Waals surface area (Å²) in [5.41, 5.74) is 3.32. The van der Waals surface area contributed by atoms with Crippen LogP contribution >= 0.6 is 0 Å². The number of hydrogen-bond donors (Lipinski definition) is 4. The van der Waals surface area contributed by atoms with Gasteiger partial charge in [-0.2, -0.15) is 5.48 Å². The van der Waals surface area contributed by atoms with Gasteiger partial charge in [0.25, 0.3) is 0 Å². The highest BCUT2D eigenvalue weighted by molar-refractivity contribution is 5.85. The molecule has 6 unspecified atom stereocenters. The maximum Gasteiger partial charge on any atom is 0.308 e. The van der Waals surface area contributed by atoms with E-state index in [2.05, 4.69) is 15.7 Å². The van der Waals surface area contributed by atoms with E-state index in [0.717, 1.165) is 109 Å². The number of esters is 1. The highest BCUT2D eigenvalue weighted by Crippen LogP contribution is 2.38. The Balaban J connectivity index is 0.727. The lowest BCUT2D eigenvalue weighted by Gasteiger charge is -2.38. The van der Waals surface area contributed by atoms with Gasteiger partial charge in [-0.1, -0.05) is 38.5 Å². The standard InChI is InChI=1S/C50H84N2O12/c53-48(47-27-36(11-26-46(47)49(54)55)31-62-61-30-35-9-5-2-6-10-35)51-40-14-18-42(19-15-40)63-44-22-24-45(25-23-44)64-43-20-16-41(17-21-43)52-59-32-39-28-37(12-13-38(39)33-60-57)50(56)58-29-34-7-3-1-4-8-34/h34-47,52,57H,1-33H2,(H,51,53)(H,54,55). The number of hydroxylamine groups is 1. The lowest BCUT2D eigenvalue weighted by Crippen LogP contribution is -2.47. The maximum atomic E-state index is 13.5. The van der Waals surface area contributed by atoms with Gasteiger partial charge in [-0.3, -0.25) is 19.6 Å². The molecule has 6 atom stereocenters. The predicted molar refractivity (Wildman–Crippen MR) is 238 cm³/mol. The number of carboxylic acid groups (broad SMARTS) is 1. The zero-order valence-electron chi connectivity index (χ0n) is 38.9. The van der Waals surface area contributed by atoms with Gasteiger partial charge in [0.15, 0.2) is 0 Å². The fourth-order valence-corrected chi connectivity index (χ4v) is 12.5. The molecule has 7 rings (SSSR count). The largest absolute Gasteiger partial charge is 0.481 e. The molecular weight excluding hydrogens is 821 g/mol. The van der Waals surface area contributed by atoms with Crippen molar-refractivity contribution in [2.75, 3.05) is 33.0 Å². The van der Waals surface area contributed by atoms with Gasteiger partial charge in [-0.05, 0) is 171 Å². The van der Waals surface area contributed by atoms with E-state index in [4.69, 9.17) is 28.8 Å². The molecule has 0 bridgehead atoms. The number of carbonyl (C=O) groups is 3. The minimum Gasteiger partial charge on any atom is -0.481 e. The minimum atomic E-state index is -0.882. The Morgan fingerprint density at radius 3 is 1.61 bits per heavy atom. The molecule has 7 fully saturated rings. The first-order valence-electron chi connectivity index (χ1n) is 26.2. The van der Waals surface area contributed by atoms with Gasteiger partial charge >= 0.3 is 11.9 Å². The molecule has 0 radical (unpaired) electrons. The third kappa shape index (κ3) is 15.8. The van der Waals surface area contributed by atoms with Crippen molar-refractivity contribution in [2.45, 2.75) is 216 Å². The Labute approximate surface area is 382 Å². The van der Waals surface area contributed by atoms with E-state index in [0.29, 0.717) is 57.5 Å². The summed E-state index contributed by atoms with van der Waals surface area (Å²) in [5.74, 6) is -0.966. The summed E-state index contributed by atoms with van der Waals surface area (Å²) in [7, 11) is 0. The van der Waals surface area contributed by atoms with Gasteiger partial charge in [-0.25, -0.2) is 14.7 Å². The first-order chi connectivity index (χ1) is 31.3. The summed E-state index contributed by atoms with van der Waals surface area (Å²) in [6.45, 7) is 2.30. The van der Waals surface area contributed by atoms with Crippen LogP contribution in [0.15, 0.2) is 0 Å². The first kappa shape index (κ1) is 50.0. The summed E-state index contributed by atoms with van der Waals surface area (Å²) in [5, 5.41) is 22.4. The van der Waals surface area contributed by atoms with Crippen molar-refractivity contribution in [3.63, 3.8) is 0 Å². The average molecular weight is 905 g/mol. The molecular formula is C50H84N2O12. The van der Waals surface area contributed by atoms with Gasteiger partial charge < -0.3 is 29.5 Å². The van der Waals surface area contributed by atoms with E-state index in [-0.39, 0.29) is 78.7 Å². The Hall–Kier alpha value is -1.91. The van der Waals surface area contributed by atoms with Crippen molar-refractivity contribution >= 4 is 17.8 Å². The number of nitrogens with one attached hydrogen (secondary N) is 2. The van der Waals surface area contributed by atoms with Crippen LogP contribution in [0.1, 0.15) is 180 Å². The first-order valence-corrected chi connectivity index (χ1v) is 26.2. The van der Waals surface area contributed by atoms with E-state index in [1.807, 2.05) is 0 Å². The molecule has 4 N–H and O–H groups in total. The summed E-state index contributed by atoms with van der Waals surface area (Å²) in [6, 6.07) is 0.317. The minimum absolute atomic E-state index is 0.0508. The number of amides is 1. The van der Waals surface area contributed by atoms with E-state index in [9.17, 15) is 24.7 Å². The van der Waals surface area contributed by atoms with Crippen molar-refractivity contribution in [3.05, 3.63) is 0 Å². The molecule has 7 saturated carbocycles. The normalized spacial score (nSPS) is 36.0. The highest BCUT2D eigenvalue weighted by Gasteiger charge is 2.41. The molecule has 64 heavy (non-hydrogen) atoms. The van der Waals surface area contributed by atoms with E-state index >= 15 is 0 Å². The van der Waals surface area contributed by atoms with E-state index in [1.54, 1.807) is 0 Å². The summed E-state index contributed by atoms with van der Waals surface area (Å²) in [4.78, 5) is 60.5. The third-order valence-electron chi connectivity index (χ3n) is 16.6. The van der Waals surface area contributed by atoms with Crippen LogP contribution in [0.4, 0.5) is 0 Å². The quantitative estimate of drug-likeness (QED) is 0.0372. The van der Waals surface area contributed by atoms with Crippen molar-refractivity contribution in [3.8, 4) is 0 Å². The SMILES string of the molecule is O=C(OCC1CCCCC1)C1CCC(COO)C(CONC2CCC(OC3CCC(OC4CCC(NC(=O)C5CC(COOCC6CCCCC6)CCC5C(=O)O)CC4)CC3)CC2)C1. The predicted octanol–water partition coefficient (Wildman–Crippen LogP) is 8.88. The van der Waals surface area contributed by atoms with Gasteiger partial charge in [0, 0.05) is 12.1 Å². The fourth-order valence-electron chi connectivity index (χ4n) is 12.5. The number of hydrogen-bond acceptors (Lipinski definition) is 12. The summed E-state index contributed by atoms with van der Waals surface area (Å²) < 4.78 is 19.1. The van der Waals surface area contributed by atoms with Crippen LogP contribution in [0.25, 0.3) is 0 Å². The zero-order valence-corrected chi connectivity index (χ0v) is 38.9. The Morgan fingerprint density at radius 1 is 0.484 bits per heavy atom. The molecule has 1 amide bonds. The van der Waals surface area contributed by atoms with Crippen LogP contribution in [0.3, 0.4) is 0 Å². The average Bonchev–Trinajstić information content (AvgIpc) is 3.32. The smallest absolute Gasteiger partial charge is 0.308 e. The maximum absolute atomic E-state index is 13.5. The second-order valence-corrected chi connectivity index (χ2v) is 21.3. The number of ether oxygens (including phenoxy) is 3. The molecule has 0 aromatic carbocycles. The highest BCUT2D eigenvalue weighted by atomic mass is 17.2. The van der Waals surface area contributed by atoms with Crippen molar-refractivity contribution in [1.29, 1.82) is 0 Å². The third-order valence-corrected chi connectivity index (χ3v) is 16.6. The van der Waals surface area contributed by atoms with Crippen LogP contribution < -0.4 is 10.8 Å². The molecule has 0 aliphatic heterocycles. The molecule has 0 aromatic rings. The van der Waals surface area contributed by atoms with Gasteiger partial charge in [0.2, 0.25) is 5.91 Å². The second-order valence-electron chi connectivity index (χ2n) is 21.3. The number of aliphatic carboxylic acids is 1. The van der Waals surface area contributed by atoms with Crippen LogP contribution in [-0.4, -0.2) is 97.7 Å². The molecule has 0 saturated heterocycles. The Bertz CT molecular complexity index is 1370. The molecule has 14 heteroatoms. The molecule has 14 nitrogen and oxygen atoms in total. The molecule has 7 aliphatic rings. The van der Waals surface area contributed by atoms with E-state index in [1.165, 1.54) is 51.4 Å². The molecule has 366 valence electrons. The topological polar surface area (TPSA) is 180 Å².